The van der Waals surface area contributed by atoms with Crippen LogP contribution in [-0.2, 0) is 0 Å². The van der Waals surface area contributed by atoms with Crippen molar-refractivity contribution < 1.29 is 4.42 Å². The van der Waals surface area contributed by atoms with Crippen molar-refractivity contribution in [1.29, 1.82) is 0 Å². The van der Waals surface area contributed by atoms with E-state index in [1.807, 2.05) is 12.1 Å². The maximum absolute atomic E-state index is 6.41. The lowest BCUT2D eigenvalue weighted by molar-refractivity contribution is 0.669. The summed E-state index contributed by atoms with van der Waals surface area (Å²) in [5, 5.41) is 7.15. The molecular weight excluding hydrogens is 717 g/mol. The SMILES string of the molecule is c1ccc(N(c2ccccc2)c2ccc(N(c3ccc(-c4ccc(-c5ccc6ccccc6c5)c5ccccc45)cc3)c3cccc4oc5ccccc5c34)cc2)cc1. The van der Waals surface area contributed by atoms with Crippen LogP contribution in [0, 0.1) is 0 Å². The van der Waals surface area contributed by atoms with Crippen LogP contribution < -0.4 is 9.80 Å². The van der Waals surface area contributed by atoms with Gasteiger partial charge >= 0.3 is 0 Å². The molecule has 59 heavy (non-hydrogen) atoms. The van der Waals surface area contributed by atoms with Crippen LogP contribution in [0.3, 0.4) is 0 Å². The highest BCUT2D eigenvalue weighted by molar-refractivity contribution is 6.13. The third-order valence-corrected chi connectivity index (χ3v) is 11.4. The quantitative estimate of drug-likeness (QED) is 0.154. The number of nitrogens with zero attached hydrogens (tertiary/aromatic N) is 2. The standard InChI is InChI=1S/C56H38N2O/c1-3-16-43(17-4-1)57(44-18-5-2-6-19-44)45-32-34-47(35-33-45)58(53-23-13-25-55-56(53)52-22-11-12-24-54(52)59-55)46-30-28-40(29-31-46)48-36-37-49(51-21-10-9-20-50(48)51)42-27-26-39-14-7-8-15-41(39)38-42/h1-38H. The summed E-state index contributed by atoms with van der Waals surface area (Å²) >= 11 is 0. The number of hydrogen-bond acceptors (Lipinski definition) is 3. The Bertz CT molecular complexity index is 3220. The lowest BCUT2D eigenvalue weighted by atomic mass is 9.91. The fourth-order valence-electron chi connectivity index (χ4n) is 8.67. The summed E-state index contributed by atoms with van der Waals surface area (Å²) in [6.07, 6.45) is 0. The third-order valence-electron chi connectivity index (χ3n) is 11.4. The van der Waals surface area contributed by atoms with E-state index in [0.29, 0.717) is 0 Å². The Labute approximate surface area is 343 Å². The van der Waals surface area contributed by atoms with E-state index < -0.39 is 0 Å². The van der Waals surface area contributed by atoms with Crippen molar-refractivity contribution >= 4 is 77.6 Å². The number of hydrogen-bond donors (Lipinski definition) is 0. The molecule has 3 nitrogen and oxygen atoms in total. The number of para-hydroxylation sites is 3. The molecule has 0 bridgehead atoms. The van der Waals surface area contributed by atoms with E-state index >= 15 is 0 Å². The highest BCUT2D eigenvalue weighted by Gasteiger charge is 2.21. The molecule has 278 valence electrons. The van der Waals surface area contributed by atoms with Crippen LogP contribution in [0.5, 0.6) is 0 Å². The van der Waals surface area contributed by atoms with Crippen molar-refractivity contribution in [2.24, 2.45) is 0 Å². The van der Waals surface area contributed by atoms with Crippen molar-refractivity contribution in [3.05, 3.63) is 231 Å². The largest absolute Gasteiger partial charge is 0.456 e. The minimum atomic E-state index is 0.860. The molecule has 0 aliphatic carbocycles. The van der Waals surface area contributed by atoms with Crippen molar-refractivity contribution in [3.63, 3.8) is 0 Å². The van der Waals surface area contributed by atoms with Crippen LogP contribution in [0.2, 0.25) is 0 Å². The predicted octanol–water partition coefficient (Wildman–Crippen LogP) is 16.2. The summed E-state index contributed by atoms with van der Waals surface area (Å²) < 4.78 is 6.41. The van der Waals surface area contributed by atoms with Gasteiger partial charge in [-0.25, -0.2) is 0 Å². The van der Waals surface area contributed by atoms with E-state index in [2.05, 4.69) is 228 Å². The fraction of sp³-hybridized carbons (Fsp3) is 0. The number of fused-ring (bicyclic) bond motifs is 5. The lowest BCUT2D eigenvalue weighted by Gasteiger charge is -2.29. The monoisotopic (exact) mass is 754 g/mol. The highest BCUT2D eigenvalue weighted by Crippen LogP contribution is 2.45. The molecule has 0 radical (unpaired) electrons. The Morgan fingerprint density at radius 1 is 0.288 bits per heavy atom. The average Bonchev–Trinajstić information content (AvgIpc) is 3.70. The molecule has 0 aliphatic rings. The predicted molar refractivity (Wildman–Crippen MR) is 249 cm³/mol. The molecule has 10 aromatic carbocycles. The molecule has 0 fully saturated rings. The Hall–Kier alpha value is -7.88. The number of anilines is 6. The number of benzene rings is 10. The van der Waals surface area contributed by atoms with E-state index in [1.165, 1.54) is 43.8 Å². The van der Waals surface area contributed by atoms with E-state index in [-0.39, 0.29) is 0 Å². The van der Waals surface area contributed by atoms with Gasteiger partial charge in [-0.05, 0) is 129 Å². The number of furan rings is 1. The topological polar surface area (TPSA) is 19.6 Å². The molecular formula is C56H38N2O. The van der Waals surface area contributed by atoms with Gasteiger partial charge < -0.3 is 14.2 Å². The normalized spacial score (nSPS) is 11.4. The molecule has 0 amide bonds. The van der Waals surface area contributed by atoms with Crippen LogP contribution in [0.15, 0.2) is 235 Å². The van der Waals surface area contributed by atoms with Gasteiger partial charge in [-0.2, -0.15) is 0 Å². The van der Waals surface area contributed by atoms with Gasteiger partial charge in [-0.15, -0.1) is 0 Å². The molecule has 0 saturated heterocycles. The van der Waals surface area contributed by atoms with Crippen LogP contribution in [0.4, 0.5) is 34.1 Å². The van der Waals surface area contributed by atoms with Crippen molar-refractivity contribution in [3.8, 4) is 22.3 Å². The first kappa shape index (κ1) is 34.4. The van der Waals surface area contributed by atoms with Gasteiger partial charge in [0.15, 0.2) is 0 Å². The third kappa shape index (κ3) is 6.17. The van der Waals surface area contributed by atoms with Crippen molar-refractivity contribution in [2.45, 2.75) is 0 Å². The van der Waals surface area contributed by atoms with Crippen LogP contribution >= 0.6 is 0 Å². The molecule has 1 aromatic heterocycles. The van der Waals surface area contributed by atoms with Crippen LogP contribution in [-0.4, -0.2) is 0 Å². The minimum absolute atomic E-state index is 0.860. The molecule has 0 spiro atoms. The summed E-state index contributed by atoms with van der Waals surface area (Å²) in [6, 6.07) is 82.3. The van der Waals surface area contributed by atoms with Gasteiger partial charge in [0.05, 0.1) is 11.1 Å². The zero-order valence-corrected chi connectivity index (χ0v) is 32.2. The Kier molecular flexibility index (Phi) is 8.49. The summed E-state index contributed by atoms with van der Waals surface area (Å²) in [5.41, 5.74) is 13.0. The first-order valence-corrected chi connectivity index (χ1v) is 20.1. The van der Waals surface area contributed by atoms with E-state index in [1.54, 1.807) is 0 Å². The maximum atomic E-state index is 6.41. The van der Waals surface area contributed by atoms with Crippen molar-refractivity contribution in [2.75, 3.05) is 9.80 Å². The molecule has 0 saturated carbocycles. The molecule has 0 unspecified atom stereocenters. The van der Waals surface area contributed by atoms with E-state index in [4.69, 9.17) is 4.42 Å². The second-order valence-corrected chi connectivity index (χ2v) is 14.9. The second kappa shape index (κ2) is 14.6. The molecule has 11 rings (SSSR count). The molecule has 1 heterocycles. The van der Waals surface area contributed by atoms with Gasteiger partial charge in [0.25, 0.3) is 0 Å². The van der Waals surface area contributed by atoms with Gasteiger partial charge in [-0.3, -0.25) is 0 Å². The van der Waals surface area contributed by atoms with Gasteiger partial charge in [0, 0.05) is 33.8 Å². The summed E-state index contributed by atoms with van der Waals surface area (Å²) in [6.45, 7) is 0. The maximum Gasteiger partial charge on any atom is 0.137 e. The summed E-state index contributed by atoms with van der Waals surface area (Å²) in [5.74, 6) is 0. The number of rotatable bonds is 8. The summed E-state index contributed by atoms with van der Waals surface area (Å²) in [7, 11) is 0. The van der Waals surface area contributed by atoms with Gasteiger partial charge in [-0.1, -0.05) is 146 Å². The first-order chi connectivity index (χ1) is 29.3. The van der Waals surface area contributed by atoms with Gasteiger partial charge in [0.2, 0.25) is 0 Å². The smallest absolute Gasteiger partial charge is 0.137 e. The first-order valence-electron chi connectivity index (χ1n) is 20.1. The Morgan fingerprint density at radius 3 is 1.42 bits per heavy atom. The Balaban J connectivity index is 1.03. The molecule has 3 heteroatoms. The molecule has 11 aromatic rings. The van der Waals surface area contributed by atoms with Crippen LogP contribution in [0.1, 0.15) is 0 Å². The zero-order chi connectivity index (χ0) is 39.1. The van der Waals surface area contributed by atoms with Gasteiger partial charge in [0.1, 0.15) is 11.2 Å². The van der Waals surface area contributed by atoms with Crippen LogP contribution in [0.25, 0.3) is 65.7 Å². The summed E-state index contributed by atoms with van der Waals surface area (Å²) in [4.78, 5) is 4.65. The Morgan fingerprint density at radius 2 is 0.763 bits per heavy atom. The average molecular weight is 755 g/mol. The molecule has 0 aliphatic heterocycles. The van der Waals surface area contributed by atoms with Crippen molar-refractivity contribution in [1.82, 2.24) is 0 Å². The minimum Gasteiger partial charge on any atom is -0.456 e. The second-order valence-electron chi connectivity index (χ2n) is 14.9. The molecule has 0 N–H and O–H groups in total. The highest BCUT2D eigenvalue weighted by atomic mass is 16.3. The van der Waals surface area contributed by atoms with E-state index in [0.717, 1.165) is 56.1 Å². The lowest BCUT2D eigenvalue weighted by Crippen LogP contribution is -2.12. The van der Waals surface area contributed by atoms with E-state index in [9.17, 15) is 0 Å². The zero-order valence-electron chi connectivity index (χ0n) is 32.2. The molecule has 0 atom stereocenters. The fourth-order valence-corrected chi connectivity index (χ4v) is 8.67.